The van der Waals surface area contributed by atoms with Gasteiger partial charge >= 0.3 is 0 Å². The monoisotopic (exact) mass is 354 g/mol. The van der Waals surface area contributed by atoms with Crippen molar-refractivity contribution in [3.63, 3.8) is 0 Å². The maximum atomic E-state index is 13.4. The lowest BCUT2D eigenvalue weighted by Crippen LogP contribution is -2.16. The van der Waals surface area contributed by atoms with Crippen molar-refractivity contribution >= 4 is 28.5 Å². The van der Waals surface area contributed by atoms with E-state index in [1.807, 2.05) is 24.3 Å². The molecule has 136 valence electrons. The number of rotatable bonds is 7. The second-order valence-electron chi connectivity index (χ2n) is 6.51. The number of hydrogen-bond donors (Lipinski definition) is 3. The van der Waals surface area contributed by atoms with E-state index in [4.69, 9.17) is 0 Å². The number of anilines is 3. The number of nitrogens with one attached hydrogen (secondary N) is 3. The van der Waals surface area contributed by atoms with Crippen LogP contribution in [0.15, 0.2) is 48.7 Å². The maximum Gasteiger partial charge on any atom is 0.257 e. The van der Waals surface area contributed by atoms with Gasteiger partial charge in [-0.2, -0.15) is 0 Å². The van der Waals surface area contributed by atoms with E-state index in [-0.39, 0.29) is 11.7 Å². The van der Waals surface area contributed by atoms with Crippen LogP contribution in [0, 0.1) is 5.82 Å². The second-order valence-corrected chi connectivity index (χ2v) is 6.51. The van der Waals surface area contributed by atoms with Gasteiger partial charge in [-0.25, -0.2) is 4.39 Å². The summed E-state index contributed by atoms with van der Waals surface area (Å²) in [5, 5.41) is 9.21. The van der Waals surface area contributed by atoms with Crippen molar-refractivity contribution in [3.8, 4) is 0 Å². The van der Waals surface area contributed by atoms with Crippen LogP contribution in [-0.2, 0) is 4.79 Å². The van der Waals surface area contributed by atoms with Crippen LogP contribution < -0.4 is 16.0 Å². The van der Waals surface area contributed by atoms with Gasteiger partial charge in [-0.3, -0.25) is 4.79 Å². The minimum absolute atomic E-state index is 0.239. The standard InChI is InChI=1S/C20H23FN4O/c1-25(2)11-3-10-22-15-5-7-16(8-6-15)23-13-18-17-12-14(21)4-9-19(17)24-20(18)26/h4-9,12-13,22-23H,3,10-11H2,1-2H3,(H,24,26). The van der Waals surface area contributed by atoms with Gasteiger partial charge in [0.25, 0.3) is 5.91 Å². The molecule has 3 N–H and O–H groups in total. The molecule has 0 spiro atoms. The highest BCUT2D eigenvalue weighted by atomic mass is 19.1. The summed E-state index contributed by atoms with van der Waals surface area (Å²) in [6.45, 7) is 1.96. The number of benzene rings is 2. The molecule has 3 rings (SSSR count). The molecule has 1 aliphatic rings. The van der Waals surface area contributed by atoms with Crippen LogP contribution in [0.25, 0.3) is 5.57 Å². The van der Waals surface area contributed by atoms with Crippen molar-refractivity contribution in [1.82, 2.24) is 4.90 Å². The van der Waals surface area contributed by atoms with Crippen LogP contribution in [0.5, 0.6) is 0 Å². The summed E-state index contributed by atoms with van der Waals surface area (Å²) in [4.78, 5) is 14.2. The summed E-state index contributed by atoms with van der Waals surface area (Å²) in [6, 6.07) is 12.1. The molecule has 0 bridgehead atoms. The highest BCUT2D eigenvalue weighted by Gasteiger charge is 2.24. The Morgan fingerprint density at radius 3 is 2.58 bits per heavy atom. The van der Waals surface area contributed by atoms with E-state index in [1.165, 1.54) is 12.1 Å². The maximum absolute atomic E-state index is 13.4. The van der Waals surface area contributed by atoms with E-state index in [0.717, 1.165) is 30.9 Å². The average Bonchev–Trinajstić information content (AvgIpc) is 2.92. The molecule has 1 heterocycles. The summed E-state index contributed by atoms with van der Waals surface area (Å²) in [5.41, 5.74) is 3.52. The molecular weight excluding hydrogens is 331 g/mol. The van der Waals surface area contributed by atoms with Gasteiger partial charge in [0.15, 0.2) is 0 Å². The number of nitrogens with zero attached hydrogens (tertiary/aromatic N) is 1. The zero-order chi connectivity index (χ0) is 18.5. The van der Waals surface area contributed by atoms with Crippen LogP contribution in [0.3, 0.4) is 0 Å². The summed E-state index contributed by atoms with van der Waals surface area (Å²) in [6.07, 6.45) is 2.68. The van der Waals surface area contributed by atoms with Gasteiger partial charge in [-0.1, -0.05) is 0 Å². The van der Waals surface area contributed by atoms with Gasteiger partial charge in [0.05, 0.1) is 5.57 Å². The van der Waals surface area contributed by atoms with E-state index in [1.54, 1.807) is 12.3 Å². The van der Waals surface area contributed by atoms with Crippen molar-refractivity contribution in [1.29, 1.82) is 0 Å². The first-order chi connectivity index (χ1) is 12.5. The van der Waals surface area contributed by atoms with Crippen LogP contribution >= 0.6 is 0 Å². The molecule has 2 aromatic rings. The number of carbonyl (C=O) groups is 1. The molecule has 0 radical (unpaired) electrons. The molecule has 6 heteroatoms. The van der Waals surface area contributed by atoms with Crippen molar-refractivity contribution in [3.05, 3.63) is 60.0 Å². The van der Waals surface area contributed by atoms with Gasteiger partial charge in [-0.15, -0.1) is 0 Å². The summed E-state index contributed by atoms with van der Waals surface area (Å²) in [5.74, 6) is -0.604. The Morgan fingerprint density at radius 2 is 1.85 bits per heavy atom. The second kappa shape index (κ2) is 8.01. The Morgan fingerprint density at radius 1 is 1.12 bits per heavy atom. The van der Waals surface area contributed by atoms with E-state index in [2.05, 4.69) is 34.9 Å². The number of fused-ring (bicyclic) bond motifs is 1. The Bertz CT molecular complexity index is 815. The minimum Gasteiger partial charge on any atom is -0.385 e. The van der Waals surface area contributed by atoms with Crippen molar-refractivity contribution in [2.75, 3.05) is 43.1 Å². The molecule has 26 heavy (non-hydrogen) atoms. The fourth-order valence-electron chi connectivity index (χ4n) is 2.77. The summed E-state index contributed by atoms with van der Waals surface area (Å²) in [7, 11) is 4.12. The first kappa shape index (κ1) is 17.9. The lowest BCUT2D eigenvalue weighted by atomic mass is 10.1. The highest BCUT2D eigenvalue weighted by Crippen LogP contribution is 2.32. The topological polar surface area (TPSA) is 56.4 Å². The fraction of sp³-hybridized carbons (Fsp3) is 0.250. The van der Waals surface area contributed by atoms with Crippen LogP contribution in [-0.4, -0.2) is 38.0 Å². The zero-order valence-electron chi connectivity index (χ0n) is 15.0. The molecule has 0 saturated carbocycles. The van der Waals surface area contributed by atoms with E-state index < -0.39 is 0 Å². The first-order valence-corrected chi connectivity index (χ1v) is 8.59. The fourth-order valence-corrected chi connectivity index (χ4v) is 2.77. The largest absolute Gasteiger partial charge is 0.385 e. The molecule has 0 fully saturated rings. The third-order valence-electron chi connectivity index (χ3n) is 4.14. The SMILES string of the molecule is CN(C)CCCNc1ccc(NC=C2C(=O)Nc3ccc(F)cc32)cc1. The Balaban J connectivity index is 1.61. The normalized spacial score (nSPS) is 14.5. The molecular formula is C20H23FN4O. The number of amides is 1. The summed E-state index contributed by atoms with van der Waals surface area (Å²) >= 11 is 0. The predicted molar refractivity (Wildman–Crippen MR) is 105 cm³/mol. The van der Waals surface area contributed by atoms with Gasteiger partial charge in [0.2, 0.25) is 0 Å². The molecule has 0 aromatic heterocycles. The van der Waals surface area contributed by atoms with Crippen LogP contribution in [0.2, 0.25) is 0 Å². The van der Waals surface area contributed by atoms with E-state index in [9.17, 15) is 9.18 Å². The van der Waals surface area contributed by atoms with E-state index in [0.29, 0.717) is 16.8 Å². The summed E-state index contributed by atoms with van der Waals surface area (Å²) < 4.78 is 13.4. The molecule has 1 amide bonds. The zero-order valence-corrected chi connectivity index (χ0v) is 15.0. The molecule has 0 unspecified atom stereocenters. The lowest BCUT2D eigenvalue weighted by Gasteiger charge is -2.11. The van der Waals surface area contributed by atoms with Crippen molar-refractivity contribution < 1.29 is 9.18 Å². The quantitative estimate of drug-likeness (QED) is 0.525. The van der Waals surface area contributed by atoms with Crippen molar-refractivity contribution in [2.45, 2.75) is 6.42 Å². The van der Waals surface area contributed by atoms with E-state index >= 15 is 0 Å². The minimum atomic E-state index is -0.365. The van der Waals surface area contributed by atoms with Gasteiger partial charge < -0.3 is 20.9 Å². The molecule has 2 aromatic carbocycles. The first-order valence-electron chi connectivity index (χ1n) is 8.59. The predicted octanol–water partition coefficient (Wildman–Crippen LogP) is 3.59. The average molecular weight is 354 g/mol. The Kier molecular flexibility index (Phi) is 5.53. The molecule has 1 aliphatic heterocycles. The van der Waals surface area contributed by atoms with Crippen LogP contribution in [0.4, 0.5) is 21.5 Å². The van der Waals surface area contributed by atoms with Crippen molar-refractivity contribution in [2.24, 2.45) is 0 Å². The van der Waals surface area contributed by atoms with Gasteiger partial charge in [0.1, 0.15) is 5.82 Å². The number of halogens is 1. The van der Waals surface area contributed by atoms with Gasteiger partial charge in [0, 0.05) is 35.4 Å². The number of carbonyl (C=O) groups excluding carboxylic acids is 1. The van der Waals surface area contributed by atoms with Crippen LogP contribution in [0.1, 0.15) is 12.0 Å². The Hall–Kier alpha value is -2.86. The Labute approximate surface area is 152 Å². The highest BCUT2D eigenvalue weighted by molar-refractivity contribution is 6.31. The third kappa shape index (κ3) is 4.40. The lowest BCUT2D eigenvalue weighted by molar-refractivity contribution is -0.110. The molecule has 5 nitrogen and oxygen atoms in total. The van der Waals surface area contributed by atoms with Gasteiger partial charge in [-0.05, 0) is 69.5 Å². The third-order valence-corrected chi connectivity index (χ3v) is 4.14. The smallest absolute Gasteiger partial charge is 0.257 e. The molecule has 0 saturated heterocycles. The molecule has 0 atom stereocenters. The number of hydrogen-bond acceptors (Lipinski definition) is 4. The molecule has 0 aliphatic carbocycles.